The van der Waals surface area contributed by atoms with Crippen LogP contribution in [-0.4, -0.2) is 48.1 Å². The third-order valence-electron chi connectivity index (χ3n) is 2.43. The molecule has 1 aliphatic rings. The van der Waals surface area contributed by atoms with Crippen molar-refractivity contribution in [2.45, 2.75) is 13.3 Å². The van der Waals surface area contributed by atoms with E-state index in [2.05, 4.69) is 5.32 Å². The van der Waals surface area contributed by atoms with E-state index in [1.807, 2.05) is 0 Å². The lowest BCUT2D eigenvalue weighted by Gasteiger charge is -2.21. The Morgan fingerprint density at radius 3 is 2.71 bits per heavy atom. The molecular formula is C9H16N2O3. The van der Waals surface area contributed by atoms with Crippen LogP contribution in [0.25, 0.3) is 0 Å². The van der Waals surface area contributed by atoms with Crippen LogP contribution in [0.1, 0.15) is 13.3 Å². The molecule has 1 aliphatic heterocycles. The number of rotatable bonds is 4. The summed E-state index contributed by atoms with van der Waals surface area (Å²) in [6, 6.07) is 0. The van der Waals surface area contributed by atoms with E-state index >= 15 is 0 Å². The number of carboxylic acid groups (broad SMARTS) is 1. The molecule has 0 spiro atoms. The molecule has 1 atom stereocenters. The number of aliphatic carboxylic acids is 1. The first kappa shape index (κ1) is 11.0. The van der Waals surface area contributed by atoms with E-state index in [4.69, 9.17) is 5.11 Å². The summed E-state index contributed by atoms with van der Waals surface area (Å²) in [4.78, 5) is 23.6. The van der Waals surface area contributed by atoms with Gasteiger partial charge in [-0.2, -0.15) is 0 Å². The van der Waals surface area contributed by atoms with Crippen LogP contribution in [0, 0.1) is 5.92 Å². The van der Waals surface area contributed by atoms with Crippen molar-refractivity contribution in [1.29, 1.82) is 0 Å². The number of hydrogen-bond donors (Lipinski definition) is 2. The summed E-state index contributed by atoms with van der Waals surface area (Å²) in [5, 5.41) is 11.7. The van der Waals surface area contributed by atoms with Gasteiger partial charge in [0.05, 0.1) is 5.92 Å². The van der Waals surface area contributed by atoms with Crippen LogP contribution in [0.4, 0.5) is 0 Å². The molecule has 0 saturated carbocycles. The van der Waals surface area contributed by atoms with Gasteiger partial charge in [-0.15, -0.1) is 0 Å². The highest BCUT2D eigenvalue weighted by Gasteiger charge is 2.27. The van der Waals surface area contributed by atoms with Gasteiger partial charge in [0.1, 0.15) is 6.54 Å². The zero-order chi connectivity index (χ0) is 10.6. The number of nitrogens with zero attached hydrogens (tertiary/aromatic N) is 1. The lowest BCUT2D eigenvalue weighted by molar-refractivity contribution is -0.145. The van der Waals surface area contributed by atoms with Crippen LogP contribution >= 0.6 is 0 Å². The molecule has 0 radical (unpaired) electrons. The summed E-state index contributed by atoms with van der Waals surface area (Å²) >= 11 is 0. The van der Waals surface area contributed by atoms with Crippen LogP contribution in [-0.2, 0) is 9.59 Å². The van der Waals surface area contributed by atoms with E-state index in [0.29, 0.717) is 13.1 Å². The molecular weight excluding hydrogens is 184 g/mol. The normalized spacial score (nSPS) is 20.8. The van der Waals surface area contributed by atoms with E-state index in [0.717, 1.165) is 13.0 Å². The van der Waals surface area contributed by atoms with Gasteiger partial charge in [0.2, 0.25) is 5.91 Å². The molecule has 0 bridgehead atoms. The summed E-state index contributed by atoms with van der Waals surface area (Å²) in [6.45, 7) is 3.59. The highest BCUT2D eigenvalue weighted by Crippen LogP contribution is 2.11. The average molecular weight is 200 g/mol. The first-order valence-electron chi connectivity index (χ1n) is 4.86. The van der Waals surface area contributed by atoms with E-state index in [9.17, 15) is 9.59 Å². The van der Waals surface area contributed by atoms with Crippen LogP contribution in [0.15, 0.2) is 0 Å². The van der Waals surface area contributed by atoms with Crippen LogP contribution in [0.2, 0.25) is 0 Å². The monoisotopic (exact) mass is 200 g/mol. The summed E-state index contributed by atoms with van der Waals surface area (Å²) in [5.74, 6) is -1.03. The Bertz CT molecular complexity index is 224. The minimum absolute atomic E-state index is 0.0331. The lowest BCUT2D eigenvalue weighted by atomic mass is 10.1. The van der Waals surface area contributed by atoms with Gasteiger partial charge < -0.3 is 15.3 Å². The molecule has 80 valence electrons. The topological polar surface area (TPSA) is 69.6 Å². The van der Waals surface area contributed by atoms with Crippen molar-refractivity contribution in [1.82, 2.24) is 10.2 Å². The van der Waals surface area contributed by atoms with Gasteiger partial charge in [-0.25, -0.2) is 0 Å². The Balaban J connectivity index is 2.50. The molecule has 1 saturated heterocycles. The third-order valence-corrected chi connectivity index (χ3v) is 2.43. The Kier molecular flexibility index (Phi) is 3.88. The largest absolute Gasteiger partial charge is 0.480 e. The molecule has 0 aliphatic carbocycles. The second kappa shape index (κ2) is 4.95. The Morgan fingerprint density at radius 2 is 2.29 bits per heavy atom. The Morgan fingerprint density at radius 1 is 1.57 bits per heavy atom. The lowest BCUT2D eigenvalue weighted by Crippen LogP contribution is -2.40. The quantitative estimate of drug-likeness (QED) is 0.643. The van der Waals surface area contributed by atoms with Crippen molar-refractivity contribution in [3.63, 3.8) is 0 Å². The number of carbonyl (C=O) groups excluding carboxylic acids is 1. The minimum Gasteiger partial charge on any atom is -0.480 e. The fraction of sp³-hybridized carbons (Fsp3) is 0.778. The zero-order valence-corrected chi connectivity index (χ0v) is 8.32. The molecule has 1 unspecified atom stereocenters. The standard InChI is InChI=1S/C9H16N2O3/c1-2-11(6-8(12)13)9(14)7-3-4-10-5-7/h7,10H,2-6H2,1H3,(H,12,13). The van der Waals surface area contributed by atoms with Gasteiger partial charge in [-0.1, -0.05) is 0 Å². The van der Waals surface area contributed by atoms with Gasteiger partial charge in [0.25, 0.3) is 0 Å². The van der Waals surface area contributed by atoms with Crippen LogP contribution in [0.5, 0.6) is 0 Å². The summed E-state index contributed by atoms with van der Waals surface area (Å²) in [7, 11) is 0. The maximum atomic E-state index is 11.7. The van der Waals surface area contributed by atoms with Gasteiger partial charge >= 0.3 is 5.97 Å². The van der Waals surface area contributed by atoms with Crippen molar-refractivity contribution in [3.05, 3.63) is 0 Å². The maximum absolute atomic E-state index is 11.7. The van der Waals surface area contributed by atoms with E-state index < -0.39 is 5.97 Å². The molecule has 1 rings (SSSR count). The van der Waals surface area contributed by atoms with E-state index in [1.54, 1.807) is 6.92 Å². The Hall–Kier alpha value is -1.10. The molecule has 2 N–H and O–H groups in total. The van der Waals surface area contributed by atoms with Gasteiger partial charge in [0.15, 0.2) is 0 Å². The fourth-order valence-electron chi connectivity index (χ4n) is 1.63. The van der Waals surface area contributed by atoms with Gasteiger partial charge in [-0.05, 0) is 19.9 Å². The first-order chi connectivity index (χ1) is 6.65. The smallest absolute Gasteiger partial charge is 0.323 e. The molecule has 0 aromatic heterocycles. The van der Waals surface area contributed by atoms with Crippen molar-refractivity contribution in [2.24, 2.45) is 5.92 Å². The highest BCUT2D eigenvalue weighted by atomic mass is 16.4. The number of carbonyl (C=O) groups is 2. The first-order valence-corrected chi connectivity index (χ1v) is 4.86. The highest BCUT2D eigenvalue weighted by molar-refractivity contribution is 5.83. The molecule has 1 heterocycles. The fourth-order valence-corrected chi connectivity index (χ4v) is 1.63. The minimum atomic E-state index is -0.953. The zero-order valence-electron chi connectivity index (χ0n) is 8.32. The second-order valence-corrected chi connectivity index (χ2v) is 3.44. The Labute approximate surface area is 83.1 Å². The molecule has 14 heavy (non-hydrogen) atoms. The van der Waals surface area contributed by atoms with Crippen LogP contribution < -0.4 is 5.32 Å². The summed E-state index contributed by atoms with van der Waals surface area (Å²) in [6.07, 6.45) is 0.814. The molecule has 0 aromatic carbocycles. The molecule has 1 amide bonds. The van der Waals surface area contributed by atoms with Crippen molar-refractivity contribution in [2.75, 3.05) is 26.2 Å². The second-order valence-electron chi connectivity index (χ2n) is 3.44. The SMILES string of the molecule is CCN(CC(=O)O)C(=O)C1CCNC1. The summed E-state index contributed by atoms with van der Waals surface area (Å²) < 4.78 is 0. The maximum Gasteiger partial charge on any atom is 0.323 e. The van der Waals surface area contributed by atoms with E-state index in [1.165, 1.54) is 4.90 Å². The van der Waals surface area contributed by atoms with E-state index in [-0.39, 0.29) is 18.4 Å². The number of nitrogens with one attached hydrogen (secondary N) is 1. The molecule has 5 nitrogen and oxygen atoms in total. The predicted molar refractivity (Wildman–Crippen MR) is 50.9 cm³/mol. The number of amides is 1. The van der Waals surface area contributed by atoms with Crippen molar-refractivity contribution in [3.8, 4) is 0 Å². The third kappa shape index (κ3) is 2.70. The predicted octanol–water partition coefficient (Wildman–Crippen LogP) is -0.471. The summed E-state index contributed by atoms with van der Waals surface area (Å²) in [5.41, 5.74) is 0. The van der Waals surface area contributed by atoms with Crippen LogP contribution in [0.3, 0.4) is 0 Å². The number of likely N-dealkylation sites (N-methyl/N-ethyl adjacent to an activating group) is 1. The number of hydrogen-bond acceptors (Lipinski definition) is 3. The van der Waals surface area contributed by atoms with Crippen molar-refractivity contribution >= 4 is 11.9 Å². The molecule has 0 aromatic rings. The molecule has 5 heteroatoms. The van der Waals surface area contributed by atoms with Gasteiger partial charge in [0, 0.05) is 13.1 Å². The van der Waals surface area contributed by atoms with Gasteiger partial charge in [-0.3, -0.25) is 9.59 Å². The average Bonchev–Trinajstić information content (AvgIpc) is 2.65. The molecule has 1 fully saturated rings. The van der Waals surface area contributed by atoms with Crippen molar-refractivity contribution < 1.29 is 14.7 Å². The number of carboxylic acids is 1.